The minimum absolute atomic E-state index is 0.00821. The van der Waals surface area contributed by atoms with Gasteiger partial charge in [-0.15, -0.1) is 0 Å². The number of hydrogen-bond donors (Lipinski definition) is 1. The number of amides is 2. The number of anilines is 1. The SMILES string of the molecule is O=C(CNC(=O)C12C3C4C5C3C1C5C42)N1CCCCc2ccccc21. The first-order valence-corrected chi connectivity index (χ1v) is 9.93. The number of aryl methyl sites for hydroxylation is 1. The van der Waals surface area contributed by atoms with Gasteiger partial charge in [0.1, 0.15) is 0 Å². The Morgan fingerprint density at radius 2 is 1.76 bits per heavy atom. The smallest absolute Gasteiger partial charge is 0.246 e. The summed E-state index contributed by atoms with van der Waals surface area (Å²) in [6.07, 6.45) is 3.18. The highest BCUT2D eigenvalue weighted by Gasteiger charge is 3.06. The standard InChI is InChI=1S/C21H22N2O2/c24-12(23-8-4-3-6-10-5-1-2-7-11(10)23)9-22-20(25)21-17-14-13-15(17)19(21)16(13)18(14)21/h1-2,5,7,13-19H,3-4,6,8-9H2,(H,22,25). The molecule has 0 saturated heterocycles. The number of benzene rings is 1. The van der Waals surface area contributed by atoms with Crippen molar-refractivity contribution in [2.45, 2.75) is 19.3 Å². The first kappa shape index (κ1) is 13.4. The molecule has 0 radical (unpaired) electrons. The second-order valence-corrected chi connectivity index (χ2v) is 9.13. The van der Waals surface area contributed by atoms with Crippen LogP contribution in [0.5, 0.6) is 0 Å². The predicted octanol–water partition coefficient (Wildman–Crippen LogP) is 1.84. The van der Waals surface area contributed by atoms with E-state index in [1.807, 2.05) is 23.1 Å². The summed E-state index contributed by atoms with van der Waals surface area (Å²) < 4.78 is 0. The van der Waals surface area contributed by atoms with Crippen LogP contribution >= 0.6 is 0 Å². The van der Waals surface area contributed by atoms with E-state index in [2.05, 4.69) is 11.4 Å². The van der Waals surface area contributed by atoms with Gasteiger partial charge in [-0.25, -0.2) is 0 Å². The Morgan fingerprint density at radius 1 is 1.04 bits per heavy atom. The van der Waals surface area contributed by atoms with E-state index in [1.54, 1.807) is 0 Å². The lowest BCUT2D eigenvalue weighted by Crippen LogP contribution is -3.07. The van der Waals surface area contributed by atoms with Crippen LogP contribution in [0.2, 0.25) is 0 Å². The van der Waals surface area contributed by atoms with Gasteiger partial charge in [0.05, 0.1) is 12.0 Å². The van der Waals surface area contributed by atoms with Crippen molar-refractivity contribution in [3.8, 4) is 0 Å². The van der Waals surface area contributed by atoms with Crippen LogP contribution in [0.15, 0.2) is 24.3 Å². The predicted molar refractivity (Wildman–Crippen MR) is 91.6 cm³/mol. The zero-order chi connectivity index (χ0) is 16.5. The maximum absolute atomic E-state index is 12.8. The molecule has 1 N–H and O–H groups in total. The average molecular weight is 334 g/mol. The van der Waals surface area contributed by atoms with Crippen LogP contribution in [0, 0.1) is 46.8 Å². The maximum Gasteiger partial charge on any atom is 0.246 e. The van der Waals surface area contributed by atoms with Gasteiger partial charge in [-0.1, -0.05) is 18.2 Å². The van der Waals surface area contributed by atoms with E-state index in [0.717, 1.165) is 55.2 Å². The van der Waals surface area contributed by atoms with Gasteiger partial charge in [-0.2, -0.15) is 0 Å². The molecule has 4 heteroatoms. The molecule has 1 aromatic carbocycles. The van der Waals surface area contributed by atoms with Crippen LogP contribution in [0.25, 0.3) is 0 Å². The van der Waals surface area contributed by atoms with E-state index in [4.69, 9.17) is 0 Å². The van der Waals surface area contributed by atoms with Crippen molar-refractivity contribution in [1.29, 1.82) is 0 Å². The van der Waals surface area contributed by atoms with Gasteiger partial charge in [-0.3, -0.25) is 9.59 Å². The highest BCUT2D eigenvalue weighted by molar-refractivity contribution is 5.99. The summed E-state index contributed by atoms with van der Waals surface area (Å²) in [5.74, 6) is 6.07. The molecule has 1 aliphatic heterocycles. The first-order chi connectivity index (χ1) is 12.3. The van der Waals surface area contributed by atoms with Gasteiger partial charge < -0.3 is 10.2 Å². The summed E-state index contributed by atoms with van der Waals surface area (Å²) >= 11 is 0. The van der Waals surface area contributed by atoms with Crippen molar-refractivity contribution in [3.05, 3.63) is 29.8 Å². The quantitative estimate of drug-likeness (QED) is 0.917. The molecule has 8 rings (SSSR count). The minimum Gasteiger partial charge on any atom is -0.347 e. The Hall–Kier alpha value is -1.84. The largest absolute Gasteiger partial charge is 0.347 e. The second-order valence-electron chi connectivity index (χ2n) is 9.13. The maximum atomic E-state index is 12.8. The van der Waals surface area contributed by atoms with Crippen LogP contribution in [-0.2, 0) is 16.0 Å². The normalized spacial score (nSPS) is 48.3. The van der Waals surface area contributed by atoms with Crippen molar-refractivity contribution in [2.75, 3.05) is 18.0 Å². The fraction of sp³-hybridized carbons (Fsp3) is 0.619. The van der Waals surface area contributed by atoms with Gasteiger partial charge in [0, 0.05) is 12.2 Å². The van der Waals surface area contributed by atoms with Crippen molar-refractivity contribution in [2.24, 2.45) is 46.8 Å². The summed E-state index contributed by atoms with van der Waals surface area (Å²) in [6.45, 7) is 0.920. The highest BCUT2D eigenvalue weighted by Crippen LogP contribution is 3.05. The molecule has 0 aromatic heterocycles. The van der Waals surface area contributed by atoms with Gasteiger partial charge in [0.25, 0.3) is 0 Å². The van der Waals surface area contributed by atoms with E-state index >= 15 is 0 Å². The highest BCUT2D eigenvalue weighted by atomic mass is 16.2. The minimum atomic E-state index is -0.00821. The molecule has 6 fully saturated rings. The zero-order valence-electron chi connectivity index (χ0n) is 14.2. The average Bonchev–Trinajstić information content (AvgIpc) is 2.88. The third-order valence-corrected chi connectivity index (χ3v) is 8.93. The second kappa shape index (κ2) is 3.94. The number of nitrogens with zero attached hydrogens (tertiary/aromatic N) is 1. The molecule has 1 heterocycles. The molecule has 0 unspecified atom stereocenters. The van der Waals surface area contributed by atoms with Crippen molar-refractivity contribution >= 4 is 17.5 Å². The van der Waals surface area contributed by atoms with Gasteiger partial charge in [0.15, 0.2) is 0 Å². The van der Waals surface area contributed by atoms with E-state index in [9.17, 15) is 9.59 Å². The molecule has 6 saturated carbocycles. The van der Waals surface area contributed by atoms with Crippen molar-refractivity contribution in [1.82, 2.24) is 5.32 Å². The van der Waals surface area contributed by atoms with Gasteiger partial charge >= 0.3 is 0 Å². The Labute approximate surface area is 147 Å². The van der Waals surface area contributed by atoms with E-state index in [-0.39, 0.29) is 23.8 Å². The third kappa shape index (κ3) is 1.13. The van der Waals surface area contributed by atoms with Crippen molar-refractivity contribution in [3.63, 3.8) is 0 Å². The van der Waals surface area contributed by atoms with Gasteiger partial charge in [-0.05, 0) is 72.3 Å². The Bertz CT molecular complexity index is 795. The Kier molecular flexibility index (Phi) is 2.11. The summed E-state index contributed by atoms with van der Waals surface area (Å²) in [4.78, 5) is 27.6. The van der Waals surface area contributed by atoms with Crippen molar-refractivity contribution < 1.29 is 9.59 Å². The Morgan fingerprint density at radius 3 is 2.52 bits per heavy atom. The topological polar surface area (TPSA) is 49.4 Å². The molecule has 7 aliphatic rings. The molecule has 1 aromatic rings. The fourth-order valence-corrected chi connectivity index (χ4v) is 8.24. The molecule has 4 nitrogen and oxygen atoms in total. The number of carbonyl (C=O) groups excluding carboxylic acids is 2. The Balaban J connectivity index is 1.07. The zero-order valence-corrected chi connectivity index (χ0v) is 14.2. The van der Waals surface area contributed by atoms with Crippen LogP contribution < -0.4 is 10.2 Å². The first-order valence-electron chi connectivity index (χ1n) is 9.93. The summed E-state index contributed by atoms with van der Waals surface area (Å²) in [6, 6.07) is 8.20. The monoisotopic (exact) mass is 334 g/mol. The number of para-hydroxylation sites is 1. The van der Waals surface area contributed by atoms with Gasteiger partial charge in [0.2, 0.25) is 11.8 Å². The molecule has 0 spiro atoms. The van der Waals surface area contributed by atoms with E-state index < -0.39 is 0 Å². The van der Waals surface area contributed by atoms with Crippen LogP contribution in [-0.4, -0.2) is 24.9 Å². The number of fused-ring (bicyclic) bond motifs is 1. The lowest BCUT2D eigenvalue weighted by molar-refractivity contribution is -0.596. The summed E-state index contributed by atoms with van der Waals surface area (Å²) in [5.41, 5.74) is 2.28. The molecular weight excluding hydrogens is 312 g/mol. The number of hydrogen-bond acceptors (Lipinski definition) is 2. The third-order valence-electron chi connectivity index (χ3n) is 8.93. The van der Waals surface area contributed by atoms with Crippen LogP contribution in [0.4, 0.5) is 5.69 Å². The van der Waals surface area contributed by atoms with Crippen LogP contribution in [0.3, 0.4) is 0 Å². The lowest BCUT2D eigenvalue weighted by Gasteiger charge is -3.06. The van der Waals surface area contributed by atoms with E-state index in [0.29, 0.717) is 17.8 Å². The van der Waals surface area contributed by atoms with E-state index in [1.165, 1.54) is 5.56 Å². The summed E-state index contributed by atoms with van der Waals surface area (Å²) in [7, 11) is 0. The van der Waals surface area contributed by atoms with Crippen LogP contribution in [0.1, 0.15) is 18.4 Å². The molecule has 2 amide bonds. The molecule has 0 atom stereocenters. The molecule has 128 valence electrons. The summed E-state index contributed by atoms with van der Waals surface area (Å²) in [5, 5.41) is 3.04. The number of rotatable bonds is 3. The number of nitrogens with one attached hydrogen (secondary N) is 1. The molecule has 25 heavy (non-hydrogen) atoms. The molecular formula is C21H22N2O2. The number of carbonyl (C=O) groups is 2. The molecule has 6 aliphatic carbocycles. The fourth-order valence-electron chi connectivity index (χ4n) is 8.24. The lowest BCUT2D eigenvalue weighted by atomic mass is 8.96. The molecule has 0 bridgehead atoms.